The smallest absolute Gasteiger partial charge is 0.465 e. The molecule has 0 radical (unpaired) electrons. The molecule has 1 N–H and O–H groups in total. The lowest BCUT2D eigenvalue weighted by Gasteiger charge is -2.31. The maximum absolute atomic E-state index is 12.5. The molecule has 0 aromatic carbocycles. The van der Waals surface area contributed by atoms with Crippen LogP contribution in [0.2, 0.25) is 0 Å². The number of carboxylic acid groups (broad SMARTS) is 1. The van der Waals surface area contributed by atoms with Crippen molar-refractivity contribution in [1.29, 1.82) is 0 Å². The van der Waals surface area contributed by atoms with Gasteiger partial charge in [0, 0.05) is 25.1 Å². The molecule has 23 heavy (non-hydrogen) atoms. The molecule has 1 saturated heterocycles. The van der Waals surface area contributed by atoms with Crippen molar-refractivity contribution < 1.29 is 35.7 Å². The molecule has 1 aromatic rings. The molecule has 3 rings (SSSR count). The van der Waals surface area contributed by atoms with Gasteiger partial charge in [0.05, 0.1) is 11.7 Å². The highest BCUT2D eigenvalue weighted by molar-refractivity contribution is 7.87. The van der Waals surface area contributed by atoms with Gasteiger partial charge in [-0.25, -0.2) is 9.48 Å². The molecule has 2 aliphatic rings. The molecular weight excluding hydrogens is 343 g/mol. The van der Waals surface area contributed by atoms with E-state index in [1.165, 1.54) is 11.9 Å². The van der Waals surface area contributed by atoms with Crippen LogP contribution in [0.25, 0.3) is 0 Å². The standard InChI is InChI=1S/C11H12F3N3O5S/c1-16-9(22-23(20,21)11(12,13)14)6-4-5-2-3-7(8(6)15-16)17(5)10(18)19/h5,7H,2-4H2,1H3,(H,18,19). The second kappa shape index (κ2) is 4.76. The highest BCUT2D eigenvalue weighted by Gasteiger charge is 2.51. The van der Waals surface area contributed by atoms with Gasteiger partial charge < -0.3 is 9.29 Å². The summed E-state index contributed by atoms with van der Waals surface area (Å²) < 4.78 is 65.0. The van der Waals surface area contributed by atoms with E-state index in [1.807, 2.05) is 0 Å². The lowest BCUT2D eigenvalue weighted by Crippen LogP contribution is -2.41. The highest BCUT2D eigenvalue weighted by Crippen LogP contribution is 2.46. The van der Waals surface area contributed by atoms with Gasteiger partial charge in [-0.15, -0.1) is 0 Å². The average Bonchev–Trinajstić information content (AvgIpc) is 2.89. The maximum Gasteiger partial charge on any atom is 0.534 e. The normalized spacial score (nSPS) is 23.7. The van der Waals surface area contributed by atoms with Gasteiger partial charge in [0.25, 0.3) is 0 Å². The Balaban J connectivity index is 2.02. The second-order valence-corrected chi connectivity index (χ2v) is 6.95. The Bertz CT molecular complexity index is 773. The van der Waals surface area contributed by atoms with Crippen molar-refractivity contribution in [2.45, 2.75) is 36.9 Å². The second-order valence-electron chi connectivity index (χ2n) is 5.42. The van der Waals surface area contributed by atoms with Crippen LogP contribution in [0.1, 0.15) is 30.1 Å². The molecule has 1 fully saturated rings. The Morgan fingerprint density at radius 2 is 2.04 bits per heavy atom. The number of amides is 1. The Hall–Kier alpha value is -1.98. The van der Waals surface area contributed by atoms with Gasteiger partial charge in [-0.2, -0.15) is 26.7 Å². The monoisotopic (exact) mass is 355 g/mol. The van der Waals surface area contributed by atoms with Gasteiger partial charge in [-0.05, 0) is 12.8 Å². The van der Waals surface area contributed by atoms with Crippen molar-refractivity contribution in [2.75, 3.05) is 0 Å². The van der Waals surface area contributed by atoms with E-state index in [0.29, 0.717) is 12.8 Å². The number of hydrogen-bond acceptors (Lipinski definition) is 5. The molecule has 2 unspecified atom stereocenters. The van der Waals surface area contributed by atoms with Crippen molar-refractivity contribution in [3.05, 3.63) is 11.3 Å². The summed E-state index contributed by atoms with van der Waals surface area (Å²) in [5.41, 5.74) is -5.09. The summed E-state index contributed by atoms with van der Waals surface area (Å²) >= 11 is 0. The minimum absolute atomic E-state index is 0.0642. The first-order valence-electron chi connectivity index (χ1n) is 6.60. The van der Waals surface area contributed by atoms with Crippen molar-refractivity contribution in [3.8, 4) is 5.88 Å². The summed E-state index contributed by atoms with van der Waals surface area (Å²) in [5, 5.41) is 13.2. The van der Waals surface area contributed by atoms with Crippen LogP contribution in [0.15, 0.2) is 0 Å². The zero-order valence-corrected chi connectivity index (χ0v) is 12.6. The first-order chi connectivity index (χ1) is 10.5. The molecule has 0 spiro atoms. The fourth-order valence-electron chi connectivity index (χ4n) is 3.16. The van der Waals surface area contributed by atoms with Crippen LogP contribution in [0.3, 0.4) is 0 Å². The third-order valence-corrected chi connectivity index (χ3v) is 5.01. The average molecular weight is 355 g/mol. The number of alkyl halides is 3. The van der Waals surface area contributed by atoms with Crippen LogP contribution in [0.5, 0.6) is 5.88 Å². The van der Waals surface area contributed by atoms with Crippen molar-refractivity contribution in [2.24, 2.45) is 7.05 Å². The first-order valence-corrected chi connectivity index (χ1v) is 8.01. The number of hydrogen-bond donors (Lipinski definition) is 1. The summed E-state index contributed by atoms with van der Waals surface area (Å²) in [6.45, 7) is 0. The summed E-state index contributed by atoms with van der Waals surface area (Å²) in [7, 11) is -4.56. The number of halogens is 3. The Labute approximate surface area is 128 Å². The van der Waals surface area contributed by atoms with Crippen LogP contribution >= 0.6 is 0 Å². The Morgan fingerprint density at radius 1 is 1.39 bits per heavy atom. The lowest BCUT2D eigenvalue weighted by atomic mass is 10.0. The minimum atomic E-state index is -5.81. The minimum Gasteiger partial charge on any atom is -0.465 e. The van der Waals surface area contributed by atoms with Crippen LogP contribution in [0.4, 0.5) is 18.0 Å². The molecular formula is C11H12F3N3O5S. The van der Waals surface area contributed by atoms with E-state index in [-0.39, 0.29) is 17.7 Å². The third-order valence-electron chi connectivity index (χ3n) is 4.07. The fourth-order valence-corrected chi connectivity index (χ4v) is 3.67. The number of rotatable bonds is 2. The van der Waals surface area contributed by atoms with Crippen LogP contribution in [-0.2, 0) is 23.6 Å². The third kappa shape index (κ3) is 2.31. The quantitative estimate of drug-likeness (QED) is 0.635. The van der Waals surface area contributed by atoms with Gasteiger partial charge in [-0.1, -0.05) is 0 Å². The first kappa shape index (κ1) is 15.9. The fraction of sp³-hybridized carbons (Fsp3) is 0.636. The summed E-state index contributed by atoms with van der Waals surface area (Å²) in [4.78, 5) is 12.5. The van der Waals surface area contributed by atoms with E-state index in [1.54, 1.807) is 0 Å². The van der Waals surface area contributed by atoms with Crippen molar-refractivity contribution in [3.63, 3.8) is 0 Å². The van der Waals surface area contributed by atoms with Crippen molar-refractivity contribution in [1.82, 2.24) is 14.7 Å². The summed E-state index contributed by atoms with van der Waals surface area (Å²) in [6, 6.07) is -1.02. The molecule has 2 atom stereocenters. The van der Waals surface area contributed by atoms with Gasteiger partial charge in [-0.3, -0.25) is 4.90 Å². The summed E-state index contributed by atoms with van der Waals surface area (Å²) in [5.74, 6) is -0.515. The molecule has 12 heteroatoms. The highest BCUT2D eigenvalue weighted by atomic mass is 32.2. The van der Waals surface area contributed by atoms with Gasteiger partial charge in [0.2, 0.25) is 5.88 Å². The van der Waals surface area contributed by atoms with Gasteiger partial charge in [0.15, 0.2) is 0 Å². The van der Waals surface area contributed by atoms with E-state index < -0.39 is 39.7 Å². The van der Waals surface area contributed by atoms with Crippen LogP contribution < -0.4 is 4.18 Å². The van der Waals surface area contributed by atoms with Gasteiger partial charge in [0.1, 0.15) is 0 Å². The molecule has 2 bridgehead atoms. The molecule has 0 saturated carbocycles. The lowest BCUT2D eigenvalue weighted by molar-refractivity contribution is -0.0502. The predicted octanol–water partition coefficient (Wildman–Crippen LogP) is 1.39. The molecule has 1 aromatic heterocycles. The largest absolute Gasteiger partial charge is 0.534 e. The summed E-state index contributed by atoms with van der Waals surface area (Å²) in [6.07, 6.45) is -0.0666. The molecule has 3 heterocycles. The molecule has 8 nitrogen and oxygen atoms in total. The number of aryl methyl sites for hydroxylation is 1. The van der Waals surface area contributed by atoms with Crippen LogP contribution in [-0.4, -0.2) is 45.8 Å². The molecule has 128 valence electrons. The molecule has 1 amide bonds. The van der Waals surface area contributed by atoms with E-state index in [0.717, 1.165) is 4.68 Å². The van der Waals surface area contributed by atoms with E-state index in [4.69, 9.17) is 0 Å². The van der Waals surface area contributed by atoms with E-state index in [2.05, 4.69) is 9.28 Å². The zero-order valence-electron chi connectivity index (χ0n) is 11.7. The predicted molar refractivity (Wildman–Crippen MR) is 68.1 cm³/mol. The number of carbonyl (C=O) groups is 1. The topological polar surface area (TPSA) is 102 Å². The van der Waals surface area contributed by atoms with E-state index in [9.17, 15) is 31.5 Å². The maximum atomic E-state index is 12.5. The number of fused-ring (bicyclic) bond motifs is 4. The zero-order chi connectivity index (χ0) is 17.2. The van der Waals surface area contributed by atoms with Crippen molar-refractivity contribution >= 4 is 16.2 Å². The number of nitrogens with zero attached hydrogens (tertiary/aromatic N) is 3. The Kier molecular flexibility index (Phi) is 3.29. The SMILES string of the molecule is Cn1nc2c(c1OS(=O)(=O)C(F)(F)F)CC1CCC2N1C(=O)O. The molecule has 2 aliphatic heterocycles. The van der Waals surface area contributed by atoms with Gasteiger partial charge >= 0.3 is 21.7 Å². The van der Waals surface area contributed by atoms with Crippen LogP contribution in [0, 0.1) is 0 Å². The number of aromatic nitrogens is 2. The van der Waals surface area contributed by atoms with E-state index >= 15 is 0 Å². The molecule has 0 aliphatic carbocycles. The Morgan fingerprint density at radius 3 is 2.61 bits per heavy atom.